The van der Waals surface area contributed by atoms with Crippen LogP contribution in [0.4, 0.5) is 0 Å². The van der Waals surface area contributed by atoms with E-state index in [0.717, 1.165) is 17.4 Å². The minimum Gasteiger partial charge on any atom is -0.496 e. The summed E-state index contributed by atoms with van der Waals surface area (Å²) in [4.78, 5) is 11.2. The Morgan fingerprint density at radius 3 is 2.44 bits per heavy atom. The summed E-state index contributed by atoms with van der Waals surface area (Å²) in [5.41, 5.74) is 2.83. The molecule has 0 saturated heterocycles. The minimum absolute atomic E-state index is 0.418. The predicted molar refractivity (Wildman–Crippen MR) is 71.8 cm³/mol. The molecule has 0 spiro atoms. The van der Waals surface area contributed by atoms with E-state index in [9.17, 15) is 4.79 Å². The van der Waals surface area contributed by atoms with Gasteiger partial charge >= 0.3 is 0 Å². The summed E-state index contributed by atoms with van der Waals surface area (Å²) in [6.45, 7) is 0. The predicted octanol–water partition coefficient (Wildman–Crippen LogP) is 3.16. The molecule has 0 unspecified atom stereocenters. The number of carbonyl (C=O) groups excluding carboxylic acids is 1. The van der Waals surface area contributed by atoms with E-state index in [0.29, 0.717) is 16.9 Å². The second-order valence-electron chi connectivity index (χ2n) is 3.73. The Bertz CT molecular complexity index is 607. The first kappa shape index (κ1) is 11.9. The Morgan fingerprint density at radius 1 is 1.17 bits per heavy atom. The van der Waals surface area contributed by atoms with E-state index in [4.69, 9.17) is 11.2 Å². The lowest BCUT2D eigenvalue weighted by Gasteiger charge is -2.11. The van der Waals surface area contributed by atoms with E-state index in [1.165, 1.54) is 7.11 Å². The Labute approximate surface area is 106 Å². The van der Waals surface area contributed by atoms with Gasteiger partial charge in [-0.1, -0.05) is 36.3 Å². The summed E-state index contributed by atoms with van der Waals surface area (Å²) >= 11 is 0. The van der Waals surface area contributed by atoms with Crippen LogP contribution in [0.15, 0.2) is 42.5 Å². The minimum atomic E-state index is 0.418. The Hall–Kier alpha value is -2.53. The molecule has 2 aromatic carbocycles. The summed E-state index contributed by atoms with van der Waals surface area (Å²) in [6, 6.07) is 13.3. The SMILES string of the molecule is C#Cc1c(-c2ccccc2)ccc(OC)c1C=O. The molecule has 0 N–H and O–H groups in total. The number of carbonyl (C=O) groups is 1. The zero-order chi connectivity index (χ0) is 13.0. The fraction of sp³-hybridized carbons (Fsp3) is 0.0625. The molecule has 2 aromatic rings. The molecule has 0 bridgehead atoms. The molecule has 0 aliphatic rings. The van der Waals surface area contributed by atoms with Gasteiger partial charge in [-0.05, 0) is 23.3 Å². The van der Waals surface area contributed by atoms with Crippen molar-refractivity contribution >= 4 is 6.29 Å². The van der Waals surface area contributed by atoms with Crippen molar-refractivity contribution in [3.8, 4) is 29.2 Å². The number of benzene rings is 2. The van der Waals surface area contributed by atoms with Gasteiger partial charge in [-0.15, -0.1) is 6.42 Å². The molecule has 0 saturated carbocycles. The van der Waals surface area contributed by atoms with E-state index >= 15 is 0 Å². The molecule has 2 rings (SSSR count). The molecule has 0 aromatic heterocycles. The third-order valence-electron chi connectivity index (χ3n) is 2.77. The number of methoxy groups -OCH3 is 1. The molecular formula is C16H12O2. The van der Waals surface area contributed by atoms with E-state index in [1.807, 2.05) is 36.4 Å². The average Bonchev–Trinajstić information content (AvgIpc) is 2.46. The monoisotopic (exact) mass is 236 g/mol. The van der Waals surface area contributed by atoms with Crippen molar-refractivity contribution in [3.63, 3.8) is 0 Å². The highest BCUT2D eigenvalue weighted by molar-refractivity contribution is 5.89. The summed E-state index contributed by atoms with van der Waals surface area (Å²) < 4.78 is 5.14. The smallest absolute Gasteiger partial charge is 0.155 e. The van der Waals surface area contributed by atoms with Crippen molar-refractivity contribution in [1.29, 1.82) is 0 Å². The zero-order valence-corrected chi connectivity index (χ0v) is 10.0. The van der Waals surface area contributed by atoms with Gasteiger partial charge in [-0.25, -0.2) is 0 Å². The van der Waals surface area contributed by atoms with Gasteiger partial charge in [-0.3, -0.25) is 4.79 Å². The van der Waals surface area contributed by atoms with Crippen LogP contribution in [0.3, 0.4) is 0 Å². The maximum absolute atomic E-state index is 11.2. The second-order valence-corrected chi connectivity index (χ2v) is 3.73. The quantitative estimate of drug-likeness (QED) is 0.604. The summed E-state index contributed by atoms with van der Waals surface area (Å²) in [7, 11) is 1.52. The van der Waals surface area contributed by atoms with Gasteiger partial charge in [0.05, 0.1) is 12.7 Å². The lowest BCUT2D eigenvalue weighted by molar-refractivity contribution is 0.112. The van der Waals surface area contributed by atoms with Crippen molar-refractivity contribution in [3.05, 3.63) is 53.6 Å². The van der Waals surface area contributed by atoms with Crippen LogP contribution in [0.2, 0.25) is 0 Å². The highest BCUT2D eigenvalue weighted by Crippen LogP contribution is 2.30. The zero-order valence-electron chi connectivity index (χ0n) is 10.0. The maximum Gasteiger partial charge on any atom is 0.155 e. The number of rotatable bonds is 3. The van der Waals surface area contributed by atoms with Gasteiger partial charge in [0.25, 0.3) is 0 Å². The first-order valence-electron chi connectivity index (χ1n) is 5.50. The van der Waals surface area contributed by atoms with Crippen molar-refractivity contribution < 1.29 is 9.53 Å². The lowest BCUT2D eigenvalue weighted by atomic mass is 9.95. The molecule has 18 heavy (non-hydrogen) atoms. The van der Waals surface area contributed by atoms with Crippen molar-refractivity contribution in [2.45, 2.75) is 0 Å². The molecule has 2 nitrogen and oxygen atoms in total. The molecule has 88 valence electrons. The van der Waals surface area contributed by atoms with E-state index in [-0.39, 0.29) is 0 Å². The molecular weight excluding hydrogens is 224 g/mol. The van der Waals surface area contributed by atoms with Crippen LogP contribution in [0, 0.1) is 12.3 Å². The van der Waals surface area contributed by atoms with E-state index < -0.39 is 0 Å². The number of hydrogen-bond acceptors (Lipinski definition) is 2. The fourth-order valence-corrected chi connectivity index (χ4v) is 1.91. The molecule has 0 fully saturated rings. The molecule has 0 aliphatic carbocycles. The van der Waals surface area contributed by atoms with Crippen LogP contribution in [-0.4, -0.2) is 13.4 Å². The highest BCUT2D eigenvalue weighted by Gasteiger charge is 2.12. The molecule has 0 atom stereocenters. The topological polar surface area (TPSA) is 26.3 Å². The van der Waals surface area contributed by atoms with E-state index in [1.54, 1.807) is 6.07 Å². The normalized spacial score (nSPS) is 9.56. The molecule has 0 radical (unpaired) electrons. The van der Waals surface area contributed by atoms with Gasteiger partial charge in [0.15, 0.2) is 6.29 Å². The highest BCUT2D eigenvalue weighted by atomic mass is 16.5. The Kier molecular flexibility index (Phi) is 3.45. The first-order chi connectivity index (χ1) is 8.81. The Morgan fingerprint density at radius 2 is 1.89 bits per heavy atom. The summed E-state index contributed by atoms with van der Waals surface area (Å²) in [5, 5.41) is 0. The number of hydrogen-bond donors (Lipinski definition) is 0. The molecule has 2 heteroatoms. The van der Waals surface area contributed by atoms with Gasteiger partial charge in [-0.2, -0.15) is 0 Å². The van der Waals surface area contributed by atoms with Crippen LogP contribution >= 0.6 is 0 Å². The number of ether oxygens (including phenoxy) is 1. The van der Waals surface area contributed by atoms with Crippen molar-refractivity contribution in [2.24, 2.45) is 0 Å². The van der Waals surface area contributed by atoms with Crippen LogP contribution in [0.25, 0.3) is 11.1 Å². The molecule has 0 aliphatic heterocycles. The van der Waals surface area contributed by atoms with Crippen LogP contribution in [-0.2, 0) is 0 Å². The third kappa shape index (κ3) is 1.99. The number of aldehydes is 1. The second kappa shape index (κ2) is 5.20. The summed E-state index contributed by atoms with van der Waals surface area (Å²) in [5.74, 6) is 3.07. The maximum atomic E-state index is 11.2. The van der Waals surface area contributed by atoms with Crippen molar-refractivity contribution in [2.75, 3.05) is 7.11 Å². The Balaban J connectivity index is 2.71. The number of terminal acetylenes is 1. The fourth-order valence-electron chi connectivity index (χ4n) is 1.91. The third-order valence-corrected chi connectivity index (χ3v) is 2.77. The standard InChI is InChI=1S/C16H12O2/c1-3-13-14(12-7-5-4-6-8-12)9-10-16(18-2)15(13)11-17/h1,4-11H,2H3. The van der Waals surface area contributed by atoms with Gasteiger partial charge in [0, 0.05) is 5.56 Å². The average molecular weight is 236 g/mol. The van der Waals surface area contributed by atoms with Gasteiger partial charge < -0.3 is 4.74 Å². The first-order valence-corrected chi connectivity index (χ1v) is 5.50. The summed E-state index contributed by atoms with van der Waals surface area (Å²) in [6.07, 6.45) is 6.26. The van der Waals surface area contributed by atoms with E-state index in [2.05, 4.69) is 5.92 Å². The van der Waals surface area contributed by atoms with Gasteiger partial charge in [0.1, 0.15) is 5.75 Å². The van der Waals surface area contributed by atoms with Crippen LogP contribution in [0.1, 0.15) is 15.9 Å². The van der Waals surface area contributed by atoms with Crippen molar-refractivity contribution in [1.82, 2.24) is 0 Å². The molecule has 0 heterocycles. The largest absolute Gasteiger partial charge is 0.496 e. The lowest BCUT2D eigenvalue weighted by Crippen LogP contribution is -1.97. The van der Waals surface area contributed by atoms with Gasteiger partial charge in [0.2, 0.25) is 0 Å². The van der Waals surface area contributed by atoms with Crippen LogP contribution < -0.4 is 4.74 Å². The van der Waals surface area contributed by atoms with Crippen LogP contribution in [0.5, 0.6) is 5.75 Å². The molecule has 0 amide bonds.